The molecule has 3 aromatic rings. The number of benzene rings is 2. The van der Waals surface area contributed by atoms with Crippen molar-refractivity contribution in [1.82, 2.24) is 20.0 Å². The smallest absolute Gasteiger partial charge is 0.239 e. The average Bonchev–Trinajstić information content (AvgIpc) is 3.17. The first-order valence-electron chi connectivity index (χ1n) is 9.94. The van der Waals surface area contributed by atoms with Crippen LogP contribution >= 0.6 is 0 Å². The third-order valence-corrected chi connectivity index (χ3v) is 4.74. The fraction of sp³-hybridized carbons (Fsp3) is 0.261. The summed E-state index contributed by atoms with van der Waals surface area (Å²) in [6.07, 6.45) is 0.976. The van der Waals surface area contributed by atoms with E-state index in [0.717, 1.165) is 23.4 Å². The summed E-state index contributed by atoms with van der Waals surface area (Å²) in [5.41, 5.74) is 3.86. The van der Waals surface area contributed by atoms with Crippen LogP contribution in [0.4, 0.5) is 5.82 Å². The molecule has 30 heavy (non-hydrogen) atoms. The van der Waals surface area contributed by atoms with Crippen molar-refractivity contribution in [3.05, 3.63) is 66.2 Å². The molecule has 0 bridgehead atoms. The number of hydrogen-bond donors (Lipinski definition) is 2. The van der Waals surface area contributed by atoms with E-state index in [1.807, 2.05) is 48.5 Å². The van der Waals surface area contributed by atoms with Gasteiger partial charge in [0.25, 0.3) is 0 Å². The van der Waals surface area contributed by atoms with Crippen LogP contribution in [-0.2, 0) is 16.0 Å². The number of nitrogens with one attached hydrogen (secondary N) is 2. The Labute approximate surface area is 176 Å². The highest BCUT2D eigenvalue weighted by Crippen LogP contribution is 2.25. The topological polar surface area (TPSA) is 79.3 Å². The van der Waals surface area contributed by atoms with Gasteiger partial charge < -0.3 is 10.6 Å². The highest BCUT2D eigenvalue weighted by atomic mass is 16.2. The van der Waals surface area contributed by atoms with Crippen LogP contribution in [0.25, 0.3) is 16.9 Å². The van der Waals surface area contributed by atoms with E-state index in [-0.39, 0.29) is 24.9 Å². The van der Waals surface area contributed by atoms with Crippen LogP contribution in [0.1, 0.15) is 12.5 Å². The largest absolute Gasteiger partial charge is 0.358 e. The van der Waals surface area contributed by atoms with Crippen molar-refractivity contribution in [3.63, 3.8) is 0 Å². The number of nitrogens with zero attached hydrogens (tertiary/aromatic N) is 3. The Balaban J connectivity index is 1.85. The molecule has 3 rings (SSSR count). The van der Waals surface area contributed by atoms with Crippen molar-refractivity contribution in [1.29, 1.82) is 0 Å². The first-order chi connectivity index (χ1) is 14.5. The molecule has 156 valence electrons. The SMILES string of the molecule is CCc1ccc(-c2cc(NC(=O)CN(C)CC(=O)NC)n(-c3ccccc3)n2)cc1. The summed E-state index contributed by atoms with van der Waals surface area (Å²) in [5.74, 6) is 0.220. The molecule has 2 aromatic carbocycles. The van der Waals surface area contributed by atoms with Crippen LogP contribution in [0.2, 0.25) is 0 Å². The van der Waals surface area contributed by atoms with Crippen LogP contribution in [0.5, 0.6) is 0 Å². The van der Waals surface area contributed by atoms with Crippen LogP contribution in [0, 0.1) is 0 Å². The maximum absolute atomic E-state index is 12.6. The van der Waals surface area contributed by atoms with Crippen molar-refractivity contribution < 1.29 is 9.59 Å². The Morgan fingerprint density at radius 2 is 1.67 bits per heavy atom. The summed E-state index contributed by atoms with van der Waals surface area (Å²) in [5, 5.41) is 10.2. The zero-order valence-electron chi connectivity index (χ0n) is 17.6. The van der Waals surface area contributed by atoms with Crippen molar-refractivity contribution in [3.8, 4) is 16.9 Å². The van der Waals surface area contributed by atoms with Crippen molar-refractivity contribution in [2.24, 2.45) is 0 Å². The number of aryl methyl sites for hydroxylation is 1. The molecule has 1 aromatic heterocycles. The molecule has 0 saturated heterocycles. The van der Waals surface area contributed by atoms with Gasteiger partial charge in [0.2, 0.25) is 11.8 Å². The van der Waals surface area contributed by atoms with E-state index in [0.29, 0.717) is 5.82 Å². The second-order valence-corrected chi connectivity index (χ2v) is 7.11. The minimum Gasteiger partial charge on any atom is -0.358 e. The molecule has 0 atom stereocenters. The minimum atomic E-state index is -0.216. The van der Waals surface area contributed by atoms with Gasteiger partial charge in [0.1, 0.15) is 5.82 Å². The molecule has 0 unspecified atom stereocenters. The van der Waals surface area contributed by atoms with E-state index in [2.05, 4.69) is 29.7 Å². The third kappa shape index (κ3) is 5.33. The summed E-state index contributed by atoms with van der Waals surface area (Å²) in [7, 11) is 3.30. The minimum absolute atomic E-state index is 0.0912. The molecule has 0 fully saturated rings. The van der Waals surface area contributed by atoms with E-state index < -0.39 is 0 Å². The molecule has 0 spiro atoms. The molecule has 0 aliphatic heterocycles. The molecule has 0 aliphatic rings. The maximum Gasteiger partial charge on any atom is 0.239 e. The van der Waals surface area contributed by atoms with E-state index >= 15 is 0 Å². The summed E-state index contributed by atoms with van der Waals surface area (Å²) < 4.78 is 1.72. The fourth-order valence-electron chi connectivity index (χ4n) is 3.10. The number of rotatable bonds is 8. The van der Waals surface area contributed by atoms with Gasteiger partial charge in [-0.3, -0.25) is 14.5 Å². The van der Waals surface area contributed by atoms with Crippen LogP contribution in [0.3, 0.4) is 0 Å². The van der Waals surface area contributed by atoms with Gasteiger partial charge in [0.15, 0.2) is 0 Å². The molecule has 0 aliphatic carbocycles. The molecule has 2 amide bonds. The Bertz CT molecular complexity index is 996. The Morgan fingerprint density at radius 1 is 1.00 bits per heavy atom. The monoisotopic (exact) mass is 405 g/mol. The lowest BCUT2D eigenvalue weighted by Gasteiger charge is -2.15. The number of aromatic nitrogens is 2. The first-order valence-corrected chi connectivity index (χ1v) is 9.94. The first kappa shape index (κ1) is 21.3. The zero-order chi connectivity index (χ0) is 21.5. The predicted octanol–water partition coefficient (Wildman–Crippen LogP) is 2.72. The summed E-state index contributed by atoms with van der Waals surface area (Å²) in [6, 6.07) is 19.8. The maximum atomic E-state index is 12.6. The number of hydrogen-bond acceptors (Lipinski definition) is 4. The van der Waals surface area contributed by atoms with Crippen molar-refractivity contribution in [2.75, 3.05) is 32.5 Å². The quantitative estimate of drug-likeness (QED) is 0.604. The molecular weight excluding hydrogens is 378 g/mol. The van der Waals surface area contributed by atoms with E-state index in [1.54, 1.807) is 23.7 Å². The number of likely N-dealkylation sites (N-methyl/N-ethyl adjacent to an activating group) is 2. The zero-order valence-corrected chi connectivity index (χ0v) is 17.6. The number of carbonyl (C=O) groups is 2. The van der Waals surface area contributed by atoms with Crippen molar-refractivity contribution >= 4 is 17.6 Å². The van der Waals surface area contributed by atoms with Crippen LogP contribution in [-0.4, -0.2) is 53.7 Å². The van der Waals surface area contributed by atoms with E-state index in [9.17, 15) is 9.59 Å². The molecule has 0 radical (unpaired) electrons. The van der Waals surface area contributed by atoms with Gasteiger partial charge in [-0.05, 0) is 31.2 Å². The second-order valence-electron chi connectivity index (χ2n) is 7.11. The number of amides is 2. The highest BCUT2D eigenvalue weighted by Gasteiger charge is 2.15. The molecule has 0 saturated carbocycles. The van der Waals surface area contributed by atoms with Gasteiger partial charge in [-0.2, -0.15) is 5.10 Å². The van der Waals surface area contributed by atoms with E-state index in [4.69, 9.17) is 5.10 Å². The molecule has 2 N–H and O–H groups in total. The Hall–Kier alpha value is -3.45. The van der Waals surface area contributed by atoms with Gasteiger partial charge in [0, 0.05) is 18.7 Å². The second kappa shape index (κ2) is 9.84. The van der Waals surface area contributed by atoms with Gasteiger partial charge >= 0.3 is 0 Å². The standard InChI is InChI=1S/C23H27N5O2/c1-4-17-10-12-18(13-11-17)20-14-21(28(26-20)19-8-6-5-7-9-19)25-23(30)16-27(3)15-22(29)24-2/h5-14H,4,15-16H2,1-3H3,(H,24,29)(H,25,30). The van der Waals surface area contributed by atoms with E-state index in [1.165, 1.54) is 5.56 Å². The average molecular weight is 406 g/mol. The van der Waals surface area contributed by atoms with Gasteiger partial charge in [-0.25, -0.2) is 4.68 Å². The van der Waals surface area contributed by atoms with Gasteiger partial charge in [-0.15, -0.1) is 0 Å². The lowest BCUT2D eigenvalue weighted by molar-refractivity contribution is -0.122. The van der Waals surface area contributed by atoms with Gasteiger partial charge in [0.05, 0.1) is 24.5 Å². The fourth-order valence-corrected chi connectivity index (χ4v) is 3.10. The Morgan fingerprint density at radius 3 is 2.30 bits per heavy atom. The third-order valence-electron chi connectivity index (χ3n) is 4.74. The predicted molar refractivity (Wildman–Crippen MR) is 119 cm³/mol. The number of anilines is 1. The lowest BCUT2D eigenvalue weighted by Crippen LogP contribution is -2.37. The van der Waals surface area contributed by atoms with Crippen LogP contribution in [0.15, 0.2) is 60.7 Å². The lowest BCUT2D eigenvalue weighted by atomic mass is 10.1. The van der Waals surface area contributed by atoms with Crippen LogP contribution < -0.4 is 10.6 Å². The number of carbonyl (C=O) groups excluding carboxylic acids is 2. The van der Waals surface area contributed by atoms with Crippen molar-refractivity contribution in [2.45, 2.75) is 13.3 Å². The summed E-state index contributed by atoms with van der Waals surface area (Å²) in [6.45, 7) is 2.36. The molecular formula is C23H27N5O2. The summed E-state index contributed by atoms with van der Waals surface area (Å²) >= 11 is 0. The molecule has 7 nitrogen and oxygen atoms in total. The Kier molecular flexibility index (Phi) is 6.98. The number of para-hydroxylation sites is 1. The molecule has 7 heteroatoms. The normalized spacial score (nSPS) is 10.8. The molecule has 1 heterocycles. The highest BCUT2D eigenvalue weighted by molar-refractivity contribution is 5.92. The summed E-state index contributed by atoms with van der Waals surface area (Å²) in [4.78, 5) is 25.7. The van der Waals surface area contributed by atoms with Gasteiger partial charge in [-0.1, -0.05) is 49.4 Å².